The van der Waals surface area contributed by atoms with Gasteiger partial charge >= 0.3 is 12.2 Å². The number of hydrogen-bond acceptors (Lipinski definition) is 3. The number of carbonyl (C=O) groups excluding carboxylic acids is 2. The number of nitrogens with zero attached hydrogens (tertiary/aromatic N) is 1. The average Bonchev–Trinajstić information content (AvgIpc) is 2.54. The van der Waals surface area contributed by atoms with Crippen LogP contribution >= 0.6 is 11.6 Å². The third kappa shape index (κ3) is 4.35. The molecule has 2 aromatic rings. The van der Waals surface area contributed by atoms with Gasteiger partial charge in [-0.05, 0) is 24.3 Å². The number of pyridine rings is 1. The Kier molecular flexibility index (Phi) is 5.24. The van der Waals surface area contributed by atoms with Gasteiger partial charge in [0.1, 0.15) is 0 Å². The normalized spacial score (nSPS) is 10.8. The van der Waals surface area contributed by atoms with E-state index in [4.69, 9.17) is 11.6 Å². The van der Waals surface area contributed by atoms with E-state index >= 15 is 0 Å². The zero-order valence-electron chi connectivity index (χ0n) is 11.8. The van der Waals surface area contributed by atoms with Crippen LogP contribution in [0, 0.1) is 0 Å². The minimum absolute atomic E-state index is 0.207. The van der Waals surface area contributed by atoms with Gasteiger partial charge < -0.3 is 5.32 Å². The second-order valence-corrected chi connectivity index (χ2v) is 4.84. The number of anilines is 1. The smallest absolute Gasteiger partial charge is 0.305 e. The van der Waals surface area contributed by atoms with E-state index < -0.39 is 29.4 Å². The van der Waals surface area contributed by atoms with Gasteiger partial charge in [0.05, 0.1) is 16.3 Å². The molecule has 3 amide bonds. The second kappa shape index (κ2) is 7.18. The highest BCUT2D eigenvalue weighted by molar-refractivity contribution is 6.33. The van der Waals surface area contributed by atoms with Crippen molar-refractivity contribution in [3.8, 4) is 0 Å². The van der Waals surface area contributed by atoms with Gasteiger partial charge in [-0.25, -0.2) is 10.2 Å². The van der Waals surface area contributed by atoms with Gasteiger partial charge in [0, 0.05) is 18.0 Å². The summed E-state index contributed by atoms with van der Waals surface area (Å²) in [5.74, 6) is -0.664. The first kappa shape index (κ1) is 17.5. The number of urea groups is 1. The summed E-state index contributed by atoms with van der Waals surface area (Å²) >= 11 is 5.70. The molecule has 0 saturated heterocycles. The third-order valence-corrected chi connectivity index (χ3v) is 3.10. The summed E-state index contributed by atoms with van der Waals surface area (Å²) < 4.78 is 38.7. The molecule has 10 heteroatoms. The standard InChI is InChI=1S/C14H10ClF3N4O2/c15-10-3-1-2-9(14(16,17)18)11(10)20-13(24)22-21-12(23)8-4-6-19-7-5-8/h1-7H,(H,21,23)(H2,20,22,24). The van der Waals surface area contributed by atoms with Crippen LogP contribution in [-0.2, 0) is 6.18 Å². The maximum absolute atomic E-state index is 12.9. The molecule has 0 aliphatic rings. The van der Waals surface area contributed by atoms with Crippen molar-refractivity contribution >= 4 is 29.2 Å². The Bertz CT molecular complexity index is 753. The molecule has 3 N–H and O–H groups in total. The Morgan fingerprint density at radius 1 is 1.04 bits per heavy atom. The largest absolute Gasteiger partial charge is 0.418 e. The van der Waals surface area contributed by atoms with Crippen LogP contribution in [-0.4, -0.2) is 16.9 Å². The van der Waals surface area contributed by atoms with Gasteiger partial charge in [-0.1, -0.05) is 17.7 Å². The fourth-order valence-electron chi connectivity index (χ4n) is 1.72. The van der Waals surface area contributed by atoms with E-state index in [0.717, 1.165) is 12.1 Å². The van der Waals surface area contributed by atoms with Crippen molar-refractivity contribution in [2.75, 3.05) is 5.32 Å². The number of hydrogen-bond donors (Lipinski definition) is 3. The number of nitrogens with one attached hydrogen (secondary N) is 3. The summed E-state index contributed by atoms with van der Waals surface area (Å²) in [6.45, 7) is 0. The molecule has 0 radical (unpaired) electrons. The van der Waals surface area contributed by atoms with E-state index in [-0.39, 0.29) is 10.6 Å². The van der Waals surface area contributed by atoms with Crippen LogP contribution in [0.15, 0.2) is 42.7 Å². The average molecular weight is 359 g/mol. The highest BCUT2D eigenvalue weighted by atomic mass is 35.5. The Labute approximate surface area is 139 Å². The van der Waals surface area contributed by atoms with E-state index in [1.807, 2.05) is 16.2 Å². The monoisotopic (exact) mass is 358 g/mol. The van der Waals surface area contributed by atoms with Crippen LogP contribution in [0.4, 0.5) is 23.7 Å². The maximum Gasteiger partial charge on any atom is 0.418 e. The molecule has 126 valence electrons. The van der Waals surface area contributed by atoms with Crippen molar-refractivity contribution in [3.63, 3.8) is 0 Å². The lowest BCUT2D eigenvalue weighted by molar-refractivity contribution is -0.136. The van der Waals surface area contributed by atoms with Crippen molar-refractivity contribution in [1.29, 1.82) is 0 Å². The molecule has 0 unspecified atom stereocenters. The minimum atomic E-state index is -4.70. The summed E-state index contributed by atoms with van der Waals surface area (Å²) in [5, 5.41) is 1.67. The molecule has 0 fully saturated rings. The predicted octanol–water partition coefficient (Wildman–Crippen LogP) is 3.22. The van der Waals surface area contributed by atoms with Crippen molar-refractivity contribution < 1.29 is 22.8 Å². The Balaban J connectivity index is 2.04. The second-order valence-electron chi connectivity index (χ2n) is 4.43. The molecule has 0 aliphatic heterocycles. The van der Waals surface area contributed by atoms with E-state index in [2.05, 4.69) is 4.98 Å². The van der Waals surface area contributed by atoms with Crippen LogP contribution in [0.2, 0.25) is 5.02 Å². The number of halogens is 4. The SMILES string of the molecule is O=C(NNC(=O)c1ccncc1)Nc1c(Cl)cccc1C(F)(F)F. The fraction of sp³-hybridized carbons (Fsp3) is 0.0714. The Morgan fingerprint density at radius 2 is 1.71 bits per heavy atom. The highest BCUT2D eigenvalue weighted by Crippen LogP contribution is 2.38. The molecule has 0 aliphatic carbocycles. The molecule has 0 bridgehead atoms. The van der Waals surface area contributed by atoms with Gasteiger partial charge in [-0.3, -0.25) is 15.2 Å². The molecule has 24 heavy (non-hydrogen) atoms. The number of carbonyl (C=O) groups is 2. The number of benzene rings is 1. The molecule has 6 nitrogen and oxygen atoms in total. The van der Waals surface area contributed by atoms with Crippen LogP contribution in [0.1, 0.15) is 15.9 Å². The van der Waals surface area contributed by atoms with Crippen LogP contribution in [0.5, 0.6) is 0 Å². The zero-order chi connectivity index (χ0) is 17.7. The quantitative estimate of drug-likeness (QED) is 0.721. The van der Waals surface area contributed by atoms with Crippen molar-refractivity contribution in [2.45, 2.75) is 6.18 Å². The molecule has 1 aromatic heterocycles. The first-order valence-electron chi connectivity index (χ1n) is 6.42. The fourth-order valence-corrected chi connectivity index (χ4v) is 1.94. The van der Waals surface area contributed by atoms with Gasteiger partial charge in [0.15, 0.2) is 0 Å². The summed E-state index contributed by atoms with van der Waals surface area (Å²) in [6, 6.07) is 4.78. The van der Waals surface area contributed by atoms with Crippen molar-refractivity contribution in [1.82, 2.24) is 15.8 Å². The van der Waals surface area contributed by atoms with Gasteiger partial charge in [-0.2, -0.15) is 13.2 Å². The highest BCUT2D eigenvalue weighted by Gasteiger charge is 2.34. The third-order valence-electron chi connectivity index (χ3n) is 2.79. The van der Waals surface area contributed by atoms with Gasteiger partial charge in [0.25, 0.3) is 5.91 Å². The lowest BCUT2D eigenvalue weighted by Crippen LogP contribution is -2.44. The van der Waals surface area contributed by atoms with Crippen LogP contribution in [0.25, 0.3) is 0 Å². The van der Waals surface area contributed by atoms with Crippen LogP contribution in [0.3, 0.4) is 0 Å². The van der Waals surface area contributed by atoms with E-state index in [9.17, 15) is 22.8 Å². The minimum Gasteiger partial charge on any atom is -0.305 e. The molecule has 2 rings (SSSR count). The van der Waals surface area contributed by atoms with Gasteiger partial charge in [0.2, 0.25) is 0 Å². The number of amides is 3. The van der Waals surface area contributed by atoms with Gasteiger partial charge in [-0.15, -0.1) is 0 Å². The zero-order valence-corrected chi connectivity index (χ0v) is 12.6. The number of rotatable bonds is 2. The summed E-state index contributed by atoms with van der Waals surface area (Å²) in [5.41, 5.74) is 2.48. The maximum atomic E-state index is 12.9. The summed E-state index contributed by atoms with van der Waals surface area (Å²) in [4.78, 5) is 27.1. The Morgan fingerprint density at radius 3 is 2.33 bits per heavy atom. The molecule has 1 heterocycles. The molecular weight excluding hydrogens is 349 g/mol. The molecule has 0 atom stereocenters. The molecule has 0 saturated carbocycles. The first-order valence-corrected chi connectivity index (χ1v) is 6.80. The van der Waals surface area contributed by atoms with E-state index in [1.165, 1.54) is 30.6 Å². The first-order chi connectivity index (χ1) is 11.3. The topological polar surface area (TPSA) is 83.1 Å². The van der Waals surface area contributed by atoms with E-state index in [1.54, 1.807) is 0 Å². The summed E-state index contributed by atoms with van der Waals surface area (Å²) in [6.07, 6.45) is -1.96. The lowest BCUT2D eigenvalue weighted by Gasteiger charge is -2.15. The molecule has 1 aromatic carbocycles. The molecular formula is C14H10ClF3N4O2. The molecule has 0 spiro atoms. The predicted molar refractivity (Wildman–Crippen MR) is 80.3 cm³/mol. The van der Waals surface area contributed by atoms with Crippen molar-refractivity contribution in [2.24, 2.45) is 0 Å². The van der Waals surface area contributed by atoms with Crippen LogP contribution < -0.4 is 16.2 Å². The number of hydrazine groups is 1. The Hall–Kier alpha value is -2.81. The van der Waals surface area contributed by atoms with Crippen molar-refractivity contribution in [3.05, 3.63) is 58.9 Å². The number of aromatic nitrogens is 1. The summed E-state index contributed by atoms with van der Waals surface area (Å²) in [7, 11) is 0. The van der Waals surface area contributed by atoms with E-state index in [0.29, 0.717) is 0 Å². The number of para-hydroxylation sites is 1. The number of alkyl halides is 3. The lowest BCUT2D eigenvalue weighted by atomic mass is 10.1.